The zero-order valence-corrected chi connectivity index (χ0v) is 11.8. The van der Waals surface area contributed by atoms with Crippen LogP contribution < -0.4 is 9.47 Å². The van der Waals surface area contributed by atoms with Crippen molar-refractivity contribution in [2.75, 3.05) is 7.11 Å². The van der Waals surface area contributed by atoms with Crippen molar-refractivity contribution < 1.29 is 19.4 Å². The van der Waals surface area contributed by atoms with Crippen LogP contribution in [0, 0.1) is 0 Å². The van der Waals surface area contributed by atoms with Gasteiger partial charge in [0.25, 0.3) is 0 Å². The van der Waals surface area contributed by atoms with E-state index >= 15 is 0 Å². The summed E-state index contributed by atoms with van der Waals surface area (Å²) in [5.74, 6) is 0.882. The molecule has 2 aromatic heterocycles. The molecule has 0 aliphatic heterocycles. The van der Waals surface area contributed by atoms with Gasteiger partial charge in [-0.25, -0.2) is 4.79 Å². The molecular weight excluding hydrogens is 286 g/mol. The number of benzene rings is 1. The molecular formula is C15H13N3O4. The van der Waals surface area contributed by atoms with Crippen LogP contribution in [0.4, 0.5) is 0 Å². The fourth-order valence-electron chi connectivity index (χ4n) is 2.05. The summed E-state index contributed by atoms with van der Waals surface area (Å²) in [4.78, 5) is 11.1. The first kappa shape index (κ1) is 13.9. The van der Waals surface area contributed by atoms with E-state index in [0.29, 0.717) is 17.2 Å². The van der Waals surface area contributed by atoms with Crippen molar-refractivity contribution in [2.45, 2.75) is 6.61 Å². The van der Waals surface area contributed by atoms with Gasteiger partial charge >= 0.3 is 5.97 Å². The van der Waals surface area contributed by atoms with E-state index in [1.54, 1.807) is 48.0 Å². The Morgan fingerprint density at radius 1 is 1.18 bits per heavy atom. The number of aromatic nitrogens is 3. The standard InChI is InChI=1S/C15H13N3O4/c1-21-10-4-6-11(7-5-10)22-9-13-16-17-14-12(15(19)20)3-2-8-18(13)14/h2-8H,9H2,1H3,(H,19,20). The van der Waals surface area contributed by atoms with E-state index in [1.165, 1.54) is 6.07 Å². The Bertz CT molecular complexity index is 811. The Kier molecular flexibility index (Phi) is 3.61. The second kappa shape index (κ2) is 5.72. The molecule has 7 heteroatoms. The van der Waals surface area contributed by atoms with E-state index < -0.39 is 5.97 Å². The van der Waals surface area contributed by atoms with E-state index in [1.807, 2.05) is 0 Å². The minimum atomic E-state index is -1.04. The van der Waals surface area contributed by atoms with Crippen molar-refractivity contribution in [2.24, 2.45) is 0 Å². The van der Waals surface area contributed by atoms with Crippen molar-refractivity contribution in [3.8, 4) is 11.5 Å². The maximum absolute atomic E-state index is 11.1. The van der Waals surface area contributed by atoms with Crippen LogP contribution in [0.1, 0.15) is 16.2 Å². The fraction of sp³-hybridized carbons (Fsp3) is 0.133. The van der Waals surface area contributed by atoms with Gasteiger partial charge in [0.05, 0.1) is 7.11 Å². The topological polar surface area (TPSA) is 86.0 Å². The number of fused-ring (bicyclic) bond motifs is 1. The molecule has 0 aliphatic carbocycles. The van der Waals surface area contributed by atoms with Crippen molar-refractivity contribution in [3.05, 3.63) is 54.0 Å². The van der Waals surface area contributed by atoms with E-state index in [-0.39, 0.29) is 12.2 Å². The lowest BCUT2D eigenvalue weighted by Crippen LogP contribution is -2.04. The first-order valence-corrected chi connectivity index (χ1v) is 6.52. The molecule has 3 rings (SSSR count). The van der Waals surface area contributed by atoms with Crippen LogP contribution in [0.25, 0.3) is 5.65 Å². The third-order valence-corrected chi connectivity index (χ3v) is 3.16. The van der Waals surface area contributed by atoms with Gasteiger partial charge in [0, 0.05) is 6.20 Å². The number of ether oxygens (including phenoxy) is 2. The molecule has 0 saturated carbocycles. The number of rotatable bonds is 5. The summed E-state index contributed by atoms with van der Waals surface area (Å²) in [5, 5.41) is 17.0. The summed E-state index contributed by atoms with van der Waals surface area (Å²) in [5.41, 5.74) is 0.397. The lowest BCUT2D eigenvalue weighted by Gasteiger charge is -2.06. The van der Waals surface area contributed by atoms with Gasteiger partial charge in [0.1, 0.15) is 23.7 Å². The van der Waals surface area contributed by atoms with Crippen LogP contribution in [0.2, 0.25) is 0 Å². The second-order valence-corrected chi connectivity index (χ2v) is 4.50. The summed E-state index contributed by atoms with van der Waals surface area (Å²) < 4.78 is 12.3. The third-order valence-electron chi connectivity index (χ3n) is 3.16. The first-order valence-electron chi connectivity index (χ1n) is 6.52. The molecule has 1 aromatic carbocycles. The van der Waals surface area contributed by atoms with Crippen molar-refractivity contribution in [1.29, 1.82) is 0 Å². The van der Waals surface area contributed by atoms with Crippen molar-refractivity contribution in [3.63, 3.8) is 0 Å². The van der Waals surface area contributed by atoms with Gasteiger partial charge in [-0.3, -0.25) is 4.40 Å². The van der Waals surface area contributed by atoms with Gasteiger partial charge < -0.3 is 14.6 Å². The quantitative estimate of drug-likeness (QED) is 0.775. The Balaban J connectivity index is 1.82. The SMILES string of the molecule is COc1ccc(OCc2nnc3c(C(=O)O)cccn23)cc1. The molecule has 0 atom stereocenters. The molecule has 0 unspecified atom stereocenters. The minimum absolute atomic E-state index is 0.102. The van der Waals surface area contributed by atoms with Gasteiger partial charge in [0.15, 0.2) is 11.5 Å². The summed E-state index contributed by atoms with van der Waals surface area (Å²) in [6, 6.07) is 10.3. The number of carboxylic acid groups (broad SMARTS) is 1. The zero-order chi connectivity index (χ0) is 15.5. The molecule has 2 heterocycles. The lowest BCUT2D eigenvalue weighted by molar-refractivity contribution is 0.0698. The number of carboxylic acids is 1. The molecule has 0 amide bonds. The summed E-state index contributed by atoms with van der Waals surface area (Å²) in [7, 11) is 1.60. The monoisotopic (exact) mass is 299 g/mol. The molecule has 0 bridgehead atoms. The third kappa shape index (κ3) is 2.56. The smallest absolute Gasteiger partial charge is 0.339 e. The summed E-state index contributed by atoms with van der Waals surface area (Å²) >= 11 is 0. The van der Waals surface area contributed by atoms with Crippen LogP contribution in [0.5, 0.6) is 11.5 Å². The molecule has 0 aliphatic rings. The van der Waals surface area contributed by atoms with E-state index in [9.17, 15) is 4.79 Å². The first-order chi connectivity index (χ1) is 10.7. The van der Waals surface area contributed by atoms with E-state index in [0.717, 1.165) is 5.75 Å². The molecule has 0 radical (unpaired) electrons. The Morgan fingerprint density at radius 2 is 1.91 bits per heavy atom. The van der Waals surface area contributed by atoms with Crippen LogP contribution in [-0.2, 0) is 6.61 Å². The summed E-state index contributed by atoms with van der Waals surface area (Å²) in [6.07, 6.45) is 1.70. The Hall–Kier alpha value is -3.09. The molecule has 0 fully saturated rings. The van der Waals surface area contributed by atoms with Crippen molar-refractivity contribution >= 4 is 11.6 Å². The number of nitrogens with zero attached hydrogens (tertiary/aromatic N) is 3. The zero-order valence-electron chi connectivity index (χ0n) is 11.8. The normalized spacial score (nSPS) is 10.6. The predicted octanol–water partition coefficient (Wildman–Crippen LogP) is 2.02. The maximum Gasteiger partial charge on any atom is 0.339 e. The molecule has 22 heavy (non-hydrogen) atoms. The van der Waals surface area contributed by atoms with Gasteiger partial charge in [-0.2, -0.15) is 0 Å². The highest BCUT2D eigenvalue weighted by Gasteiger charge is 2.14. The van der Waals surface area contributed by atoms with Crippen LogP contribution in [0.15, 0.2) is 42.6 Å². The van der Waals surface area contributed by atoms with E-state index in [4.69, 9.17) is 14.6 Å². The van der Waals surface area contributed by atoms with Gasteiger partial charge in [0.2, 0.25) is 0 Å². The van der Waals surface area contributed by atoms with Crippen LogP contribution in [0.3, 0.4) is 0 Å². The average molecular weight is 299 g/mol. The van der Waals surface area contributed by atoms with Crippen LogP contribution >= 0.6 is 0 Å². The average Bonchev–Trinajstić information content (AvgIpc) is 2.96. The highest BCUT2D eigenvalue weighted by molar-refractivity contribution is 5.94. The molecule has 112 valence electrons. The number of methoxy groups -OCH3 is 1. The number of aromatic carboxylic acids is 1. The van der Waals surface area contributed by atoms with Gasteiger partial charge in [-0.05, 0) is 36.4 Å². The maximum atomic E-state index is 11.1. The van der Waals surface area contributed by atoms with Gasteiger partial charge in [-0.1, -0.05) is 0 Å². The Morgan fingerprint density at radius 3 is 2.59 bits per heavy atom. The number of carbonyl (C=O) groups is 1. The Labute approximate surface area is 125 Å². The summed E-state index contributed by atoms with van der Waals surface area (Å²) in [6.45, 7) is 0.177. The van der Waals surface area contributed by atoms with E-state index in [2.05, 4.69) is 10.2 Å². The van der Waals surface area contributed by atoms with Crippen LogP contribution in [-0.4, -0.2) is 32.8 Å². The molecule has 0 saturated heterocycles. The second-order valence-electron chi connectivity index (χ2n) is 4.50. The minimum Gasteiger partial charge on any atom is -0.497 e. The largest absolute Gasteiger partial charge is 0.497 e. The number of hydrogen-bond acceptors (Lipinski definition) is 5. The van der Waals surface area contributed by atoms with Crippen molar-refractivity contribution in [1.82, 2.24) is 14.6 Å². The molecule has 0 spiro atoms. The lowest BCUT2D eigenvalue weighted by atomic mass is 10.3. The highest BCUT2D eigenvalue weighted by atomic mass is 16.5. The fourth-order valence-corrected chi connectivity index (χ4v) is 2.05. The molecule has 3 aromatic rings. The number of pyridine rings is 1. The van der Waals surface area contributed by atoms with Gasteiger partial charge in [-0.15, -0.1) is 10.2 Å². The predicted molar refractivity (Wildman–Crippen MR) is 77.3 cm³/mol. The highest BCUT2D eigenvalue weighted by Crippen LogP contribution is 2.18. The molecule has 7 nitrogen and oxygen atoms in total. The molecule has 1 N–H and O–H groups in total. The number of hydrogen-bond donors (Lipinski definition) is 1.